The van der Waals surface area contributed by atoms with Gasteiger partial charge in [0, 0.05) is 5.70 Å². The van der Waals surface area contributed by atoms with Crippen LogP contribution in [0.4, 0.5) is 4.79 Å². The molecule has 0 saturated heterocycles. The minimum Gasteiger partial charge on any atom is -0.444 e. The van der Waals surface area contributed by atoms with E-state index in [1.165, 1.54) is 0 Å². The van der Waals surface area contributed by atoms with Crippen molar-refractivity contribution in [1.29, 1.82) is 0 Å². The standard InChI is InChI=1S/C19H29BN2O4/c1-14(19(11-8-12-19)22-17(23)26-18(2,3)4)21-16(20(24)25)13-15-9-6-5-7-10-15/h5-7,9-10,16,21,24-25H,1,8,11-13H2,2-4H3,(H,22,23)/t16-/m0/s1. The van der Waals surface area contributed by atoms with Gasteiger partial charge in [-0.05, 0) is 52.0 Å². The average molecular weight is 360 g/mol. The molecule has 1 aliphatic carbocycles. The minimum atomic E-state index is -1.55. The number of alkyl carbamates (subject to hydrolysis) is 1. The first-order chi connectivity index (χ1) is 12.1. The highest BCUT2D eigenvalue weighted by atomic mass is 16.6. The molecule has 2 rings (SSSR count). The second-order valence-electron chi connectivity index (χ2n) is 7.90. The van der Waals surface area contributed by atoms with Crippen LogP contribution in [-0.4, -0.2) is 40.3 Å². The van der Waals surface area contributed by atoms with Crippen LogP contribution in [-0.2, 0) is 11.2 Å². The van der Waals surface area contributed by atoms with E-state index in [9.17, 15) is 14.8 Å². The smallest absolute Gasteiger partial charge is 0.444 e. The number of ether oxygens (including phenoxy) is 1. The molecule has 0 aromatic heterocycles. The first-order valence-electron chi connectivity index (χ1n) is 8.98. The Kier molecular flexibility index (Phi) is 6.37. The molecule has 26 heavy (non-hydrogen) atoms. The number of rotatable bonds is 7. The second-order valence-corrected chi connectivity index (χ2v) is 7.90. The predicted octanol–water partition coefficient (Wildman–Crippen LogP) is 2.16. The van der Waals surface area contributed by atoms with Crippen molar-refractivity contribution < 1.29 is 19.6 Å². The molecule has 1 aromatic carbocycles. The molecule has 0 aliphatic heterocycles. The van der Waals surface area contributed by atoms with Crippen LogP contribution in [0, 0.1) is 0 Å². The van der Waals surface area contributed by atoms with E-state index in [4.69, 9.17) is 4.74 Å². The molecule has 0 spiro atoms. The lowest BCUT2D eigenvalue weighted by atomic mass is 9.71. The van der Waals surface area contributed by atoms with Crippen molar-refractivity contribution in [2.24, 2.45) is 0 Å². The quantitative estimate of drug-likeness (QED) is 0.560. The molecule has 6 nitrogen and oxygen atoms in total. The van der Waals surface area contributed by atoms with Crippen LogP contribution in [0.5, 0.6) is 0 Å². The van der Waals surface area contributed by atoms with Crippen LogP contribution in [0.15, 0.2) is 42.6 Å². The van der Waals surface area contributed by atoms with Gasteiger partial charge in [-0.2, -0.15) is 0 Å². The van der Waals surface area contributed by atoms with Gasteiger partial charge in [0.1, 0.15) is 5.60 Å². The van der Waals surface area contributed by atoms with Crippen molar-refractivity contribution in [2.45, 2.75) is 63.5 Å². The van der Waals surface area contributed by atoms with E-state index < -0.39 is 30.3 Å². The van der Waals surface area contributed by atoms with Gasteiger partial charge < -0.3 is 25.4 Å². The summed E-state index contributed by atoms with van der Waals surface area (Å²) in [6, 6.07) is 9.58. The number of carbonyl (C=O) groups excluding carboxylic acids is 1. The molecule has 1 aromatic rings. The van der Waals surface area contributed by atoms with Gasteiger partial charge in [0.2, 0.25) is 0 Å². The monoisotopic (exact) mass is 360 g/mol. The van der Waals surface area contributed by atoms with E-state index in [-0.39, 0.29) is 0 Å². The van der Waals surface area contributed by atoms with Gasteiger partial charge in [-0.3, -0.25) is 0 Å². The maximum absolute atomic E-state index is 12.2. The zero-order chi connectivity index (χ0) is 19.4. The number of amides is 1. The molecule has 1 aliphatic rings. The van der Waals surface area contributed by atoms with E-state index in [1.807, 2.05) is 51.1 Å². The highest BCUT2D eigenvalue weighted by molar-refractivity contribution is 6.43. The van der Waals surface area contributed by atoms with Gasteiger partial charge in [-0.25, -0.2) is 4.79 Å². The minimum absolute atomic E-state index is 0.431. The number of hydrogen-bond acceptors (Lipinski definition) is 5. The third-order valence-electron chi connectivity index (χ3n) is 4.54. The topological polar surface area (TPSA) is 90.8 Å². The van der Waals surface area contributed by atoms with Crippen LogP contribution >= 0.6 is 0 Å². The Labute approximate surface area is 155 Å². The van der Waals surface area contributed by atoms with Crippen LogP contribution in [0.3, 0.4) is 0 Å². The average Bonchev–Trinajstić information content (AvgIpc) is 2.49. The SMILES string of the molecule is C=C(N[C@@H](Cc1ccccc1)B(O)O)C1(NC(=O)OC(C)(C)C)CCC1. The zero-order valence-electron chi connectivity index (χ0n) is 15.8. The number of benzene rings is 1. The third-order valence-corrected chi connectivity index (χ3v) is 4.54. The molecule has 0 heterocycles. The van der Waals surface area contributed by atoms with Crippen molar-refractivity contribution in [3.63, 3.8) is 0 Å². The largest absolute Gasteiger partial charge is 0.475 e. The van der Waals surface area contributed by atoms with Crippen LogP contribution < -0.4 is 10.6 Å². The van der Waals surface area contributed by atoms with E-state index in [0.717, 1.165) is 24.8 Å². The molecule has 1 saturated carbocycles. The normalized spacial score (nSPS) is 16.8. The summed E-state index contributed by atoms with van der Waals surface area (Å²) in [6.07, 6.45) is 2.36. The van der Waals surface area contributed by atoms with Crippen molar-refractivity contribution in [3.8, 4) is 0 Å². The maximum atomic E-state index is 12.2. The molecule has 4 N–H and O–H groups in total. The van der Waals surface area contributed by atoms with Crippen molar-refractivity contribution in [3.05, 3.63) is 48.2 Å². The second kappa shape index (κ2) is 8.14. The lowest BCUT2D eigenvalue weighted by Gasteiger charge is -2.45. The number of hydrogen-bond donors (Lipinski definition) is 4. The van der Waals surface area contributed by atoms with Crippen LogP contribution in [0.2, 0.25) is 0 Å². The molecule has 0 bridgehead atoms. The predicted molar refractivity (Wildman–Crippen MR) is 102 cm³/mol. The van der Waals surface area contributed by atoms with E-state index in [2.05, 4.69) is 17.2 Å². The zero-order valence-corrected chi connectivity index (χ0v) is 15.8. The first-order valence-corrected chi connectivity index (χ1v) is 8.98. The Morgan fingerprint density at radius 1 is 1.31 bits per heavy atom. The molecule has 1 amide bonds. The molecule has 0 radical (unpaired) electrons. The summed E-state index contributed by atoms with van der Waals surface area (Å²) >= 11 is 0. The van der Waals surface area contributed by atoms with E-state index in [0.29, 0.717) is 12.1 Å². The summed E-state index contributed by atoms with van der Waals surface area (Å²) in [5.74, 6) is -0.622. The van der Waals surface area contributed by atoms with E-state index >= 15 is 0 Å². The van der Waals surface area contributed by atoms with Gasteiger partial charge >= 0.3 is 13.2 Å². The lowest BCUT2D eigenvalue weighted by molar-refractivity contribution is 0.0415. The van der Waals surface area contributed by atoms with Gasteiger partial charge in [-0.1, -0.05) is 36.9 Å². The summed E-state index contributed by atoms with van der Waals surface area (Å²) < 4.78 is 5.35. The summed E-state index contributed by atoms with van der Waals surface area (Å²) in [5, 5.41) is 25.5. The Bertz CT molecular complexity index is 624. The van der Waals surface area contributed by atoms with Crippen molar-refractivity contribution >= 4 is 13.2 Å². The molecule has 142 valence electrons. The highest BCUT2D eigenvalue weighted by Crippen LogP contribution is 2.37. The molecule has 7 heteroatoms. The highest BCUT2D eigenvalue weighted by Gasteiger charge is 2.43. The fourth-order valence-electron chi connectivity index (χ4n) is 2.99. The Morgan fingerprint density at radius 2 is 1.92 bits per heavy atom. The first kappa shape index (κ1) is 20.3. The molecular weight excluding hydrogens is 331 g/mol. The van der Waals surface area contributed by atoms with E-state index in [1.54, 1.807) is 0 Å². The summed E-state index contributed by atoms with van der Waals surface area (Å²) in [4.78, 5) is 12.2. The Hall–Kier alpha value is -1.99. The number of carbonyl (C=O) groups is 1. The summed E-state index contributed by atoms with van der Waals surface area (Å²) in [5.41, 5.74) is 0.352. The van der Waals surface area contributed by atoms with Crippen molar-refractivity contribution in [1.82, 2.24) is 10.6 Å². The van der Waals surface area contributed by atoms with Gasteiger partial charge in [0.25, 0.3) is 0 Å². The molecular formula is C19H29BN2O4. The number of nitrogens with one attached hydrogen (secondary N) is 2. The molecule has 1 fully saturated rings. The van der Waals surface area contributed by atoms with Crippen LogP contribution in [0.25, 0.3) is 0 Å². The van der Waals surface area contributed by atoms with Gasteiger partial charge in [0.15, 0.2) is 0 Å². The molecule has 1 atom stereocenters. The fourth-order valence-corrected chi connectivity index (χ4v) is 2.99. The van der Waals surface area contributed by atoms with Gasteiger partial charge in [0.05, 0.1) is 11.5 Å². The summed E-state index contributed by atoms with van der Waals surface area (Å²) in [6.45, 7) is 9.49. The lowest BCUT2D eigenvalue weighted by Crippen LogP contribution is -2.60. The third kappa shape index (κ3) is 5.51. The fraction of sp³-hybridized carbons (Fsp3) is 0.526. The Balaban J connectivity index is 2.03. The molecule has 0 unspecified atom stereocenters. The van der Waals surface area contributed by atoms with Crippen LogP contribution in [0.1, 0.15) is 45.6 Å². The van der Waals surface area contributed by atoms with Crippen molar-refractivity contribution in [2.75, 3.05) is 0 Å². The van der Waals surface area contributed by atoms with Gasteiger partial charge in [-0.15, -0.1) is 0 Å². The maximum Gasteiger partial charge on any atom is 0.475 e. The Morgan fingerprint density at radius 3 is 2.38 bits per heavy atom. The summed E-state index contributed by atoms with van der Waals surface area (Å²) in [7, 11) is -1.55.